The van der Waals surface area contributed by atoms with Gasteiger partial charge in [-0.1, -0.05) is 91.4 Å². The quantitative estimate of drug-likeness (QED) is 0.0841. The van der Waals surface area contributed by atoms with E-state index in [4.69, 9.17) is 33.2 Å². The molecule has 5 aliphatic carbocycles. The van der Waals surface area contributed by atoms with Gasteiger partial charge < -0.3 is 53.8 Å². The van der Waals surface area contributed by atoms with Crippen LogP contribution in [0.25, 0.3) is 0 Å². The number of rotatable bonds is 15. The van der Waals surface area contributed by atoms with Crippen molar-refractivity contribution in [1.82, 2.24) is 5.32 Å². The molecule has 0 aromatic heterocycles. The monoisotopic (exact) mass is 1050 g/mol. The minimum Gasteiger partial charge on any atom is -0.460 e. The number of amides is 1. The Kier molecular flexibility index (Phi) is 14.2. The Morgan fingerprint density at radius 1 is 0.893 bits per heavy atom. The van der Waals surface area contributed by atoms with Crippen molar-refractivity contribution in [3.63, 3.8) is 0 Å². The van der Waals surface area contributed by atoms with Crippen molar-refractivity contribution in [3.8, 4) is 0 Å². The van der Waals surface area contributed by atoms with Crippen LogP contribution in [-0.2, 0) is 63.7 Å². The van der Waals surface area contributed by atoms with Crippen LogP contribution >= 0.6 is 11.8 Å². The molecule has 4 N–H and O–H groups in total. The number of benzene rings is 3. The van der Waals surface area contributed by atoms with Crippen LogP contribution in [0.15, 0.2) is 102 Å². The molecule has 0 radical (unpaired) electrons. The smallest absolute Gasteiger partial charge is 0.408 e. The van der Waals surface area contributed by atoms with Crippen LogP contribution < -0.4 is 5.32 Å². The Morgan fingerprint density at radius 3 is 2.11 bits per heavy atom. The minimum absolute atomic E-state index is 0.0164. The number of carbonyl (C=O) groups is 7. The predicted molar refractivity (Wildman–Crippen MR) is 266 cm³/mol. The van der Waals surface area contributed by atoms with E-state index in [0.29, 0.717) is 11.1 Å². The highest BCUT2D eigenvalue weighted by Crippen LogP contribution is 2.72. The summed E-state index contributed by atoms with van der Waals surface area (Å²) >= 11 is 0.998. The van der Waals surface area contributed by atoms with Crippen molar-refractivity contribution in [2.45, 2.75) is 145 Å². The highest BCUT2D eigenvalue weighted by atomic mass is 32.2. The number of Topliss-reactive ketones (excluding diaryl/α,β-unsaturated/α-hetero) is 1. The number of aliphatic hydroxyl groups is 3. The maximum atomic E-state index is 15.4. The van der Waals surface area contributed by atoms with Crippen molar-refractivity contribution >= 4 is 53.5 Å². The topological polar surface area (TPSA) is 257 Å². The first-order chi connectivity index (χ1) is 35.4. The Bertz CT molecular complexity index is 2780. The number of hydrogen-bond donors (Lipinski definition) is 4. The standard InChI is InChI=1S/C56H63NO17S/c1-30-39-35(26-56(67)46(72-47(63)34-21-15-10-16-22-34)44-52(6,45(62)42(61)40(30)53(39,56)7)36(59)25-37-55(44,29-69-37)73-31(2)58)70-48(64)43(41(33-19-13-9-14-20-33)57-50(66)74-51(3,4)5)71-49(65)54(23-24-54)75-28-38(60)68-27-32-17-11-8-12-18-32/h8-22,35-37,39,41-44,46,59,61,67H,23-29H2,1-7H3,(H,57,66)/t35-,36-,37+,39?,41-,42+,43+,44-,46-,52+,53?,55-,56+/m0/s1. The summed E-state index contributed by atoms with van der Waals surface area (Å²) in [5.41, 5.74) is -7.41. The molecule has 4 saturated carbocycles. The molecule has 400 valence electrons. The van der Waals surface area contributed by atoms with Crippen LogP contribution in [0.4, 0.5) is 4.79 Å². The summed E-state index contributed by atoms with van der Waals surface area (Å²) in [6.45, 7) is 10.3. The highest BCUT2D eigenvalue weighted by Gasteiger charge is 2.82. The van der Waals surface area contributed by atoms with Gasteiger partial charge in [-0.05, 0) is 76.3 Å². The summed E-state index contributed by atoms with van der Waals surface area (Å²) in [5.74, 6) is -8.05. The lowest BCUT2D eigenvalue weighted by molar-refractivity contribution is -0.344. The Balaban J connectivity index is 1.10. The van der Waals surface area contributed by atoms with Gasteiger partial charge in [-0.15, -0.1) is 11.8 Å². The van der Waals surface area contributed by atoms with E-state index in [0.717, 1.165) is 24.2 Å². The summed E-state index contributed by atoms with van der Waals surface area (Å²) in [6.07, 6.45) is -10.9. The zero-order chi connectivity index (χ0) is 54.0. The second kappa shape index (κ2) is 19.8. The average Bonchev–Trinajstić information content (AvgIpc) is 4.15. The van der Waals surface area contributed by atoms with Gasteiger partial charge >= 0.3 is 35.9 Å². The van der Waals surface area contributed by atoms with Gasteiger partial charge in [0.2, 0.25) is 6.10 Å². The molecule has 18 nitrogen and oxygen atoms in total. The van der Waals surface area contributed by atoms with Gasteiger partial charge in [0.15, 0.2) is 11.4 Å². The van der Waals surface area contributed by atoms with E-state index in [1.807, 2.05) is 18.2 Å². The molecule has 1 aliphatic heterocycles. The molecule has 0 spiro atoms. The Morgan fingerprint density at radius 2 is 1.52 bits per heavy atom. The first-order valence-electron chi connectivity index (χ1n) is 25.1. The van der Waals surface area contributed by atoms with E-state index in [1.165, 1.54) is 19.1 Å². The lowest BCUT2D eigenvalue weighted by Gasteiger charge is -2.67. The van der Waals surface area contributed by atoms with Crippen LogP contribution in [0, 0.1) is 22.7 Å². The van der Waals surface area contributed by atoms with Gasteiger partial charge in [0.1, 0.15) is 53.0 Å². The number of hydrogen-bond acceptors (Lipinski definition) is 18. The largest absolute Gasteiger partial charge is 0.460 e. The summed E-state index contributed by atoms with van der Waals surface area (Å²) < 4.78 is 41.0. The normalized spacial score (nSPS) is 32.6. The van der Waals surface area contributed by atoms with Crippen molar-refractivity contribution in [2.75, 3.05) is 12.4 Å². The Labute approximate surface area is 438 Å². The van der Waals surface area contributed by atoms with Crippen LogP contribution in [-0.4, -0.2) is 128 Å². The second-order valence-electron chi connectivity index (χ2n) is 22.0. The third-order valence-electron chi connectivity index (χ3n) is 16.3. The van der Waals surface area contributed by atoms with Gasteiger partial charge in [0, 0.05) is 31.1 Å². The van der Waals surface area contributed by atoms with E-state index < -0.39 is 135 Å². The van der Waals surface area contributed by atoms with E-state index in [-0.39, 0.29) is 49.4 Å². The molecule has 1 amide bonds. The Hall–Kier alpha value is -6.12. The number of ketones is 1. The van der Waals surface area contributed by atoms with E-state index in [1.54, 1.807) is 95.3 Å². The number of ether oxygens (including phenoxy) is 7. The molecule has 0 bridgehead atoms. The van der Waals surface area contributed by atoms with Crippen molar-refractivity contribution in [2.24, 2.45) is 22.7 Å². The lowest BCUT2D eigenvalue weighted by Crippen LogP contribution is -2.81. The second-order valence-corrected chi connectivity index (χ2v) is 23.3. The first kappa shape index (κ1) is 53.7. The summed E-state index contributed by atoms with van der Waals surface area (Å²) in [4.78, 5) is 99.3. The number of thioether (sulfide) groups is 1. The summed E-state index contributed by atoms with van der Waals surface area (Å²) in [6, 6.07) is 23.7. The SMILES string of the molecule is CC(=O)O[C@@]12CO[C@@H]1C[C@H](O)[C@@]1(C)C(=O)[C@H](O)C3=C(C)C4[C@@H](OC(=O)[C@H](OC(=O)C5(SCC(=O)OCc6ccccc6)CC5)[C@@H](NC(=O)OC(C)(C)C)c5ccccc5)C[C@@](O)([C@@H](OC(=O)c5ccccc5)[C@H]21)C34C. The lowest BCUT2D eigenvalue weighted by atomic mass is 9.43. The van der Waals surface area contributed by atoms with E-state index >= 15 is 9.59 Å². The molecule has 3 aromatic carbocycles. The van der Waals surface area contributed by atoms with Crippen molar-refractivity contribution in [1.29, 1.82) is 0 Å². The number of alkyl carbamates (subject to hydrolysis) is 1. The van der Waals surface area contributed by atoms with Crippen LogP contribution in [0.5, 0.6) is 0 Å². The number of aliphatic hydroxyl groups excluding tert-OH is 2. The molecule has 9 rings (SSSR count). The fourth-order valence-electron chi connectivity index (χ4n) is 12.6. The maximum Gasteiger partial charge on any atom is 0.408 e. The van der Waals surface area contributed by atoms with Gasteiger partial charge in [0.25, 0.3) is 0 Å². The summed E-state index contributed by atoms with van der Waals surface area (Å²) in [7, 11) is 0. The van der Waals surface area contributed by atoms with Gasteiger partial charge in [-0.2, -0.15) is 0 Å². The molecule has 75 heavy (non-hydrogen) atoms. The molecule has 2 unspecified atom stereocenters. The molecule has 5 fully saturated rings. The number of fused-ring (bicyclic) bond motifs is 3. The predicted octanol–water partition coefficient (Wildman–Crippen LogP) is 5.43. The van der Waals surface area contributed by atoms with Crippen LogP contribution in [0.3, 0.4) is 0 Å². The van der Waals surface area contributed by atoms with Crippen LogP contribution in [0.2, 0.25) is 0 Å². The van der Waals surface area contributed by atoms with E-state index in [2.05, 4.69) is 5.32 Å². The average molecular weight is 1050 g/mol. The zero-order valence-corrected chi connectivity index (χ0v) is 43.6. The first-order valence-corrected chi connectivity index (χ1v) is 26.1. The molecular formula is C56H63NO17S. The molecule has 1 heterocycles. The van der Waals surface area contributed by atoms with Gasteiger partial charge in [-0.25, -0.2) is 14.4 Å². The molecule has 3 aromatic rings. The fraction of sp³-hybridized carbons (Fsp3) is 0.518. The number of esters is 5. The molecule has 1 saturated heterocycles. The van der Waals surface area contributed by atoms with Gasteiger partial charge in [0.05, 0.1) is 35.4 Å². The third kappa shape index (κ3) is 9.31. The third-order valence-corrected chi connectivity index (χ3v) is 17.8. The van der Waals surface area contributed by atoms with Gasteiger partial charge in [-0.3, -0.25) is 19.2 Å². The fourth-order valence-corrected chi connectivity index (χ4v) is 13.6. The molecule has 6 aliphatic rings. The van der Waals surface area contributed by atoms with Crippen molar-refractivity contribution < 1.29 is 82.0 Å². The highest BCUT2D eigenvalue weighted by molar-refractivity contribution is 8.02. The molecular weight excluding hydrogens is 991 g/mol. The summed E-state index contributed by atoms with van der Waals surface area (Å²) in [5, 5.41) is 41.0. The number of nitrogens with one attached hydrogen (secondary N) is 1. The van der Waals surface area contributed by atoms with Crippen molar-refractivity contribution in [3.05, 3.63) is 119 Å². The van der Waals surface area contributed by atoms with Crippen LogP contribution in [0.1, 0.15) is 102 Å². The van der Waals surface area contributed by atoms with E-state index in [9.17, 15) is 39.3 Å². The number of carbonyl (C=O) groups excluding carboxylic acids is 7. The minimum atomic E-state index is -2.39. The maximum absolute atomic E-state index is 15.4. The zero-order valence-electron chi connectivity index (χ0n) is 42.8. The molecule has 13 atom stereocenters. The molecule has 19 heteroatoms.